The zero-order valence-electron chi connectivity index (χ0n) is 12.0. The summed E-state index contributed by atoms with van der Waals surface area (Å²) < 4.78 is 0. The number of likely N-dealkylation sites (N-methyl/N-ethyl adjacent to an activating group) is 1. The molecule has 1 fully saturated rings. The van der Waals surface area contributed by atoms with Gasteiger partial charge in [0.1, 0.15) is 11.6 Å². The van der Waals surface area contributed by atoms with Crippen molar-refractivity contribution in [3.8, 4) is 0 Å². The van der Waals surface area contributed by atoms with Crippen LogP contribution < -0.4 is 16.0 Å². The lowest BCUT2D eigenvalue weighted by atomic mass is 9.82. The van der Waals surface area contributed by atoms with Crippen molar-refractivity contribution in [2.45, 2.75) is 57.5 Å². The van der Waals surface area contributed by atoms with Crippen molar-refractivity contribution < 1.29 is 19.5 Å². The van der Waals surface area contributed by atoms with Crippen LogP contribution in [-0.2, 0) is 9.59 Å². The number of urea groups is 1. The minimum atomic E-state index is -1.21. The van der Waals surface area contributed by atoms with Crippen LogP contribution in [0.15, 0.2) is 0 Å². The summed E-state index contributed by atoms with van der Waals surface area (Å²) in [5.41, 5.74) is -1.21. The Labute approximate surface area is 118 Å². The van der Waals surface area contributed by atoms with E-state index in [2.05, 4.69) is 16.0 Å². The quantitative estimate of drug-likeness (QED) is 0.593. The molecule has 0 heterocycles. The molecule has 7 nitrogen and oxygen atoms in total. The molecular weight excluding hydrogens is 262 g/mol. The van der Waals surface area contributed by atoms with Crippen LogP contribution in [0.25, 0.3) is 0 Å². The van der Waals surface area contributed by atoms with Crippen LogP contribution >= 0.6 is 0 Å². The summed E-state index contributed by atoms with van der Waals surface area (Å²) in [5, 5.41) is 16.9. The molecule has 0 aromatic rings. The lowest BCUT2D eigenvalue weighted by Gasteiger charge is -2.34. The zero-order chi connectivity index (χ0) is 15.2. The summed E-state index contributed by atoms with van der Waals surface area (Å²) in [4.78, 5) is 34.8. The first-order chi connectivity index (χ1) is 9.41. The predicted octanol–water partition coefficient (Wildman–Crippen LogP) is 0.598. The highest BCUT2D eigenvalue weighted by molar-refractivity contribution is 5.90. The predicted molar refractivity (Wildman–Crippen MR) is 73.3 cm³/mol. The van der Waals surface area contributed by atoms with Gasteiger partial charge in [-0.1, -0.05) is 19.3 Å². The summed E-state index contributed by atoms with van der Waals surface area (Å²) in [6.07, 6.45) is 3.38. The second kappa shape index (κ2) is 7.12. The molecule has 20 heavy (non-hydrogen) atoms. The summed E-state index contributed by atoms with van der Waals surface area (Å²) >= 11 is 0. The van der Waals surface area contributed by atoms with Gasteiger partial charge in [0.05, 0.1) is 0 Å². The Kier molecular flexibility index (Phi) is 5.79. The van der Waals surface area contributed by atoms with Crippen molar-refractivity contribution in [2.75, 3.05) is 6.54 Å². The monoisotopic (exact) mass is 285 g/mol. The number of hydrogen-bond donors (Lipinski definition) is 4. The van der Waals surface area contributed by atoms with E-state index in [4.69, 9.17) is 0 Å². The minimum absolute atomic E-state index is 0.296. The van der Waals surface area contributed by atoms with E-state index in [-0.39, 0.29) is 5.91 Å². The standard InChI is InChI=1S/C13H23N3O4/c1-3-14-10(17)9(2)15-12(20)16-13(11(18)19)7-5-4-6-8-13/h9H,3-8H2,1-2H3,(H,14,17)(H,18,19)(H2,15,16,20). The average molecular weight is 285 g/mol. The molecule has 0 aromatic carbocycles. The fraction of sp³-hybridized carbons (Fsp3) is 0.769. The number of amides is 3. The lowest BCUT2D eigenvalue weighted by molar-refractivity contribution is -0.145. The topological polar surface area (TPSA) is 108 Å². The molecule has 7 heteroatoms. The summed E-state index contributed by atoms with van der Waals surface area (Å²) in [6.45, 7) is 3.82. The van der Waals surface area contributed by atoms with Crippen molar-refractivity contribution in [1.29, 1.82) is 0 Å². The summed E-state index contributed by atoms with van der Waals surface area (Å²) in [6, 6.07) is -1.32. The van der Waals surface area contributed by atoms with Crippen LogP contribution in [0.2, 0.25) is 0 Å². The van der Waals surface area contributed by atoms with E-state index in [1.807, 2.05) is 0 Å². The molecule has 1 unspecified atom stereocenters. The maximum Gasteiger partial charge on any atom is 0.329 e. The molecule has 3 amide bonds. The average Bonchev–Trinajstić information content (AvgIpc) is 2.39. The molecule has 0 radical (unpaired) electrons. The van der Waals surface area contributed by atoms with E-state index in [9.17, 15) is 19.5 Å². The molecule has 0 aromatic heterocycles. The van der Waals surface area contributed by atoms with Gasteiger partial charge in [0.15, 0.2) is 0 Å². The van der Waals surface area contributed by atoms with Gasteiger partial charge in [-0.25, -0.2) is 9.59 Å². The molecule has 1 aliphatic carbocycles. The van der Waals surface area contributed by atoms with Gasteiger partial charge in [-0.15, -0.1) is 0 Å². The van der Waals surface area contributed by atoms with Crippen LogP contribution in [0.5, 0.6) is 0 Å². The van der Waals surface area contributed by atoms with Crippen molar-refractivity contribution in [3.63, 3.8) is 0 Å². The minimum Gasteiger partial charge on any atom is -0.480 e. The molecule has 0 spiro atoms. The highest BCUT2D eigenvalue weighted by Gasteiger charge is 2.41. The number of rotatable bonds is 5. The van der Waals surface area contributed by atoms with Gasteiger partial charge in [-0.05, 0) is 26.7 Å². The number of carbonyl (C=O) groups excluding carboxylic acids is 2. The van der Waals surface area contributed by atoms with Crippen molar-refractivity contribution in [2.24, 2.45) is 0 Å². The Morgan fingerprint density at radius 3 is 2.30 bits per heavy atom. The Bertz CT molecular complexity index is 378. The summed E-state index contributed by atoms with van der Waals surface area (Å²) in [7, 11) is 0. The number of carboxylic acids is 1. The number of hydrogen-bond acceptors (Lipinski definition) is 3. The van der Waals surface area contributed by atoms with Gasteiger partial charge in [0, 0.05) is 6.54 Å². The Hall–Kier alpha value is -1.79. The maximum atomic E-state index is 11.9. The normalized spacial score (nSPS) is 18.7. The van der Waals surface area contributed by atoms with Gasteiger partial charge in [0.25, 0.3) is 0 Å². The van der Waals surface area contributed by atoms with Crippen LogP contribution in [0, 0.1) is 0 Å². The molecule has 0 aliphatic heterocycles. The molecule has 1 saturated carbocycles. The van der Waals surface area contributed by atoms with E-state index < -0.39 is 23.6 Å². The first kappa shape index (κ1) is 16.3. The Morgan fingerprint density at radius 2 is 1.80 bits per heavy atom. The van der Waals surface area contributed by atoms with Crippen LogP contribution in [0.4, 0.5) is 4.79 Å². The first-order valence-corrected chi connectivity index (χ1v) is 7.01. The molecule has 1 rings (SSSR count). The molecule has 1 aliphatic rings. The number of carboxylic acid groups (broad SMARTS) is 1. The second-order valence-electron chi connectivity index (χ2n) is 5.16. The molecule has 0 bridgehead atoms. The second-order valence-corrected chi connectivity index (χ2v) is 5.16. The third kappa shape index (κ3) is 4.11. The van der Waals surface area contributed by atoms with Crippen molar-refractivity contribution in [3.05, 3.63) is 0 Å². The number of aliphatic carboxylic acids is 1. The SMILES string of the molecule is CCNC(=O)C(C)NC(=O)NC1(C(=O)O)CCCCC1. The maximum absolute atomic E-state index is 11.9. The van der Waals surface area contributed by atoms with Crippen LogP contribution in [0.1, 0.15) is 46.0 Å². The van der Waals surface area contributed by atoms with Gasteiger partial charge < -0.3 is 21.1 Å². The molecule has 114 valence electrons. The van der Waals surface area contributed by atoms with Crippen molar-refractivity contribution in [1.82, 2.24) is 16.0 Å². The Morgan fingerprint density at radius 1 is 1.20 bits per heavy atom. The highest BCUT2D eigenvalue weighted by atomic mass is 16.4. The Balaban J connectivity index is 2.59. The molecule has 4 N–H and O–H groups in total. The molecule has 0 saturated heterocycles. The smallest absolute Gasteiger partial charge is 0.329 e. The molecular formula is C13H23N3O4. The van der Waals surface area contributed by atoms with Crippen molar-refractivity contribution >= 4 is 17.9 Å². The van der Waals surface area contributed by atoms with E-state index in [1.165, 1.54) is 0 Å². The van der Waals surface area contributed by atoms with Crippen LogP contribution in [0.3, 0.4) is 0 Å². The number of carbonyl (C=O) groups is 3. The van der Waals surface area contributed by atoms with E-state index >= 15 is 0 Å². The number of nitrogens with one attached hydrogen (secondary N) is 3. The zero-order valence-corrected chi connectivity index (χ0v) is 12.0. The van der Waals surface area contributed by atoms with E-state index in [0.717, 1.165) is 19.3 Å². The van der Waals surface area contributed by atoms with Gasteiger partial charge in [-0.3, -0.25) is 4.79 Å². The molecule has 1 atom stereocenters. The third-order valence-electron chi connectivity index (χ3n) is 3.56. The van der Waals surface area contributed by atoms with E-state index in [0.29, 0.717) is 19.4 Å². The van der Waals surface area contributed by atoms with Gasteiger partial charge in [-0.2, -0.15) is 0 Å². The largest absolute Gasteiger partial charge is 0.480 e. The summed E-state index contributed by atoms with van der Waals surface area (Å²) in [5.74, 6) is -1.31. The third-order valence-corrected chi connectivity index (χ3v) is 3.56. The fourth-order valence-electron chi connectivity index (χ4n) is 2.39. The van der Waals surface area contributed by atoms with Crippen LogP contribution in [-0.4, -0.2) is 41.1 Å². The van der Waals surface area contributed by atoms with E-state index in [1.54, 1.807) is 13.8 Å². The first-order valence-electron chi connectivity index (χ1n) is 7.01. The fourth-order valence-corrected chi connectivity index (χ4v) is 2.39. The lowest BCUT2D eigenvalue weighted by Crippen LogP contribution is -2.60. The highest BCUT2D eigenvalue weighted by Crippen LogP contribution is 2.28. The van der Waals surface area contributed by atoms with Gasteiger partial charge >= 0.3 is 12.0 Å². The van der Waals surface area contributed by atoms with Gasteiger partial charge in [0.2, 0.25) is 5.91 Å².